The number of hydrogen-bond donors (Lipinski definition) is 1. The van der Waals surface area contributed by atoms with Crippen LogP contribution in [0.2, 0.25) is 0 Å². The van der Waals surface area contributed by atoms with Crippen molar-refractivity contribution in [3.8, 4) is 23.0 Å². The molecule has 0 bridgehead atoms. The molecule has 0 radical (unpaired) electrons. The molecule has 4 aromatic rings. The number of anilines is 1. The minimum atomic E-state index is -0.919. The van der Waals surface area contributed by atoms with Gasteiger partial charge in [0.15, 0.2) is 34.4 Å². The molecule has 0 fully saturated rings. The Balaban J connectivity index is 1.54. The van der Waals surface area contributed by atoms with Gasteiger partial charge >= 0.3 is 5.97 Å². The van der Waals surface area contributed by atoms with Gasteiger partial charge in [-0.05, 0) is 62.2 Å². The van der Waals surface area contributed by atoms with Crippen LogP contribution >= 0.6 is 11.3 Å². The maximum Gasteiger partial charge on any atom is 0.338 e. The van der Waals surface area contributed by atoms with E-state index >= 15 is 0 Å². The summed E-state index contributed by atoms with van der Waals surface area (Å²) in [6, 6.07) is 18.8. The van der Waals surface area contributed by atoms with Crippen LogP contribution in [0, 0.1) is 0 Å². The molecule has 268 valence electrons. The number of esters is 1. The van der Waals surface area contributed by atoms with E-state index in [1.807, 2.05) is 38.1 Å². The summed E-state index contributed by atoms with van der Waals surface area (Å²) in [5.41, 5.74) is 2.13. The van der Waals surface area contributed by atoms with Crippen molar-refractivity contribution in [3.63, 3.8) is 0 Å². The second-order valence-corrected chi connectivity index (χ2v) is 12.3. The first-order valence-electron chi connectivity index (χ1n) is 16.5. The van der Waals surface area contributed by atoms with Gasteiger partial charge in [-0.1, -0.05) is 54.7 Å². The molecule has 0 aliphatic carbocycles. The number of para-hydroxylation sites is 2. The predicted octanol–water partition coefficient (Wildman–Crippen LogP) is 4.64. The Labute approximate surface area is 299 Å². The largest absolute Gasteiger partial charge is 0.493 e. The van der Waals surface area contributed by atoms with E-state index < -0.39 is 12.0 Å². The van der Waals surface area contributed by atoms with Gasteiger partial charge in [0, 0.05) is 18.4 Å². The van der Waals surface area contributed by atoms with E-state index in [-0.39, 0.29) is 36.9 Å². The third kappa shape index (κ3) is 8.67. The van der Waals surface area contributed by atoms with Crippen LogP contribution in [0.4, 0.5) is 5.69 Å². The van der Waals surface area contributed by atoms with Gasteiger partial charge in [0.2, 0.25) is 0 Å². The zero-order chi connectivity index (χ0) is 36.3. The number of nitrogens with one attached hydrogen (secondary N) is 1. The van der Waals surface area contributed by atoms with Gasteiger partial charge in [0.25, 0.3) is 11.5 Å². The highest BCUT2D eigenvalue weighted by atomic mass is 32.1. The first-order valence-corrected chi connectivity index (χ1v) is 17.3. The third-order valence-corrected chi connectivity index (χ3v) is 8.70. The molecule has 12 nitrogen and oxygen atoms in total. The fourth-order valence-electron chi connectivity index (χ4n) is 5.46. The Morgan fingerprint density at radius 2 is 1.73 bits per heavy atom. The lowest BCUT2D eigenvalue weighted by atomic mass is 9.94. The molecule has 1 atom stereocenters. The highest BCUT2D eigenvalue weighted by Crippen LogP contribution is 2.41. The van der Waals surface area contributed by atoms with E-state index in [4.69, 9.17) is 33.4 Å². The van der Waals surface area contributed by atoms with Crippen molar-refractivity contribution >= 4 is 35.0 Å². The first-order chi connectivity index (χ1) is 24.8. The Bertz CT molecular complexity index is 2070. The fourth-order valence-corrected chi connectivity index (χ4v) is 6.50. The average Bonchev–Trinajstić information content (AvgIpc) is 3.43. The minimum Gasteiger partial charge on any atom is -0.493 e. The number of nitrogens with zero attached hydrogens (tertiary/aromatic N) is 2. The van der Waals surface area contributed by atoms with Crippen LogP contribution < -0.4 is 39.2 Å². The van der Waals surface area contributed by atoms with E-state index in [9.17, 15) is 14.4 Å². The number of fused-ring (bicyclic) bond motifs is 1. The molecule has 0 saturated heterocycles. The van der Waals surface area contributed by atoms with Gasteiger partial charge in [-0.2, -0.15) is 0 Å². The Hall–Kier alpha value is -5.40. The quantitative estimate of drug-likeness (QED) is 0.130. The summed E-state index contributed by atoms with van der Waals surface area (Å²) in [4.78, 5) is 45.6. The van der Waals surface area contributed by atoms with Gasteiger partial charge < -0.3 is 33.7 Å². The van der Waals surface area contributed by atoms with E-state index in [0.29, 0.717) is 68.1 Å². The number of amides is 1. The summed E-state index contributed by atoms with van der Waals surface area (Å²) in [6.45, 7) is 6.30. The van der Waals surface area contributed by atoms with Crippen molar-refractivity contribution in [3.05, 3.63) is 109 Å². The monoisotopic (exact) mass is 715 g/mol. The Morgan fingerprint density at radius 3 is 2.45 bits per heavy atom. The van der Waals surface area contributed by atoms with Crippen molar-refractivity contribution < 1.29 is 38.0 Å². The molecule has 3 aromatic carbocycles. The molecule has 13 heteroatoms. The highest BCUT2D eigenvalue weighted by molar-refractivity contribution is 7.07. The number of thiazole rings is 1. The topological polar surface area (TPSA) is 136 Å². The average molecular weight is 716 g/mol. The van der Waals surface area contributed by atoms with Crippen molar-refractivity contribution in [2.75, 3.05) is 52.6 Å². The number of methoxy groups -OCH3 is 2. The lowest BCUT2D eigenvalue weighted by Crippen LogP contribution is -2.40. The van der Waals surface area contributed by atoms with Crippen LogP contribution in [0.3, 0.4) is 0 Å². The number of ether oxygens (including phenoxy) is 6. The van der Waals surface area contributed by atoms with Crippen LogP contribution in [-0.4, -0.2) is 63.7 Å². The van der Waals surface area contributed by atoms with Gasteiger partial charge in [0.05, 0.1) is 42.7 Å². The van der Waals surface area contributed by atoms with Gasteiger partial charge in [-0.15, -0.1) is 0 Å². The smallest absolute Gasteiger partial charge is 0.338 e. The van der Waals surface area contributed by atoms with Crippen molar-refractivity contribution in [2.45, 2.75) is 33.2 Å². The maximum atomic E-state index is 14.3. The summed E-state index contributed by atoms with van der Waals surface area (Å²) in [7, 11) is 3.06. The number of rotatable bonds is 16. The molecule has 0 spiro atoms. The van der Waals surface area contributed by atoms with Gasteiger partial charge in [0.1, 0.15) is 12.6 Å². The lowest BCUT2D eigenvalue weighted by molar-refractivity contribution is -0.140. The first kappa shape index (κ1) is 36.9. The summed E-state index contributed by atoms with van der Waals surface area (Å²) in [5.74, 6) is 0.742. The highest BCUT2D eigenvalue weighted by Gasteiger charge is 2.36. The predicted molar refractivity (Wildman–Crippen MR) is 194 cm³/mol. The molecular formula is C38H41N3O9S. The zero-order valence-electron chi connectivity index (χ0n) is 29.2. The van der Waals surface area contributed by atoms with Crippen LogP contribution in [0.15, 0.2) is 87.8 Å². The van der Waals surface area contributed by atoms with Gasteiger partial charge in [-0.3, -0.25) is 14.2 Å². The molecular weight excluding hydrogens is 674 g/mol. The number of aromatic nitrogens is 1. The van der Waals surface area contributed by atoms with E-state index in [2.05, 4.69) is 5.32 Å². The van der Waals surface area contributed by atoms with E-state index in [1.54, 1.807) is 55.5 Å². The van der Waals surface area contributed by atoms with Gasteiger partial charge in [-0.25, -0.2) is 9.79 Å². The number of carbonyl (C=O) groups is 2. The molecule has 2 heterocycles. The number of benzene rings is 3. The number of hydrogen-bond acceptors (Lipinski definition) is 11. The fraction of sp³-hybridized carbons (Fsp3) is 0.316. The molecule has 1 aromatic heterocycles. The molecule has 1 N–H and O–H groups in total. The Morgan fingerprint density at radius 1 is 0.922 bits per heavy atom. The summed E-state index contributed by atoms with van der Waals surface area (Å²) in [5, 5.41) is 2.79. The molecule has 51 heavy (non-hydrogen) atoms. The number of allylic oxidation sites excluding steroid dienone is 1. The van der Waals surface area contributed by atoms with Crippen LogP contribution in [0.25, 0.3) is 6.08 Å². The molecule has 5 rings (SSSR count). The Kier molecular flexibility index (Phi) is 12.7. The van der Waals surface area contributed by atoms with Crippen molar-refractivity contribution in [1.82, 2.24) is 4.57 Å². The zero-order valence-corrected chi connectivity index (χ0v) is 30.0. The molecule has 1 aliphatic rings. The summed E-state index contributed by atoms with van der Waals surface area (Å²) in [6.07, 6.45) is 2.46. The second-order valence-electron chi connectivity index (χ2n) is 11.3. The molecule has 1 amide bonds. The lowest BCUT2D eigenvalue weighted by Gasteiger charge is -2.27. The standard InChI is InChI=1S/C38H41N3O9S/c1-6-18-48-35-27(14-11-15-29(35)46-5)34-33(37(44)49-20-19-45-4)24(3)39-38-41(34)36(43)31(51-38)22-25-16-17-28(30(21-25)47-7-2)50-23-32(42)40-26-12-9-8-10-13-26/h8-17,21-22,34H,6-7,18-20,23H2,1-5H3,(H,40,42)/b31-22+/t34-/m1/s1. The molecule has 0 unspecified atom stereocenters. The minimum absolute atomic E-state index is 0.0279. The summed E-state index contributed by atoms with van der Waals surface area (Å²) < 4.78 is 36.0. The maximum absolute atomic E-state index is 14.3. The SMILES string of the molecule is CCCOc1c(OC)cccc1[C@@H]1C(C(=O)OCCOC)=C(C)N=c2s/c(=C/c3ccc(OCC(=O)Nc4ccccc4)c(OCC)c3)c(=O)n21. The van der Waals surface area contributed by atoms with Crippen LogP contribution in [0.5, 0.6) is 23.0 Å². The molecule has 1 aliphatic heterocycles. The van der Waals surface area contributed by atoms with Crippen LogP contribution in [-0.2, 0) is 19.1 Å². The molecule has 0 saturated carbocycles. The second kappa shape index (κ2) is 17.5. The van der Waals surface area contributed by atoms with Crippen molar-refractivity contribution in [2.24, 2.45) is 4.99 Å². The van der Waals surface area contributed by atoms with Crippen LogP contribution in [0.1, 0.15) is 44.4 Å². The van der Waals surface area contributed by atoms with E-state index in [0.717, 1.165) is 6.42 Å². The van der Waals surface area contributed by atoms with E-state index in [1.165, 1.54) is 30.1 Å². The normalized spacial score (nSPS) is 14.0. The van der Waals surface area contributed by atoms with Crippen molar-refractivity contribution in [1.29, 1.82) is 0 Å². The summed E-state index contributed by atoms with van der Waals surface area (Å²) >= 11 is 1.19. The third-order valence-electron chi connectivity index (χ3n) is 7.72. The number of carbonyl (C=O) groups excluding carboxylic acids is 2.